The minimum Gasteiger partial charge on any atom is -0.0586 e. The highest BCUT2D eigenvalue weighted by molar-refractivity contribution is 9.10. The lowest BCUT2D eigenvalue weighted by atomic mass is 9.99. The van der Waals surface area contributed by atoms with Crippen LogP contribution in [0.25, 0.3) is 0 Å². The van der Waals surface area contributed by atoms with Gasteiger partial charge in [0.15, 0.2) is 0 Å². The zero-order chi connectivity index (χ0) is 9.42. The summed E-state index contributed by atoms with van der Waals surface area (Å²) in [6.07, 6.45) is 2.78. The molecular formula is C12H15Br. The fourth-order valence-corrected chi connectivity index (χ4v) is 2.38. The third-order valence-electron chi connectivity index (χ3n) is 2.69. The molecule has 0 bridgehead atoms. The van der Waals surface area contributed by atoms with Crippen molar-refractivity contribution >= 4 is 15.9 Å². The van der Waals surface area contributed by atoms with Gasteiger partial charge in [0.05, 0.1) is 0 Å². The molecule has 0 aromatic heterocycles. The summed E-state index contributed by atoms with van der Waals surface area (Å²) in [6, 6.07) is 6.82. The van der Waals surface area contributed by atoms with Crippen LogP contribution in [0.5, 0.6) is 0 Å². The molecule has 0 nitrogen and oxygen atoms in total. The van der Waals surface area contributed by atoms with E-state index >= 15 is 0 Å². The van der Waals surface area contributed by atoms with E-state index in [9.17, 15) is 0 Å². The summed E-state index contributed by atoms with van der Waals surface area (Å²) in [5, 5.41) is 0. The van der Waals surface area contributed by atoms with Crippen LogP contribution in [0.2, 0.25) is 0 Å². The van der Waals surface area contributed by atoms with Crippen molar-refractivity contribution in [3.63, 3.8) is 0 Å². The van der Waals surface area contributed by atoms with E-state index in [-0.39, 0.29) is 0 Å². The highest BCUT2D eigenvalue weighted by Crippen LogP contribution is 2.41. The Morgan fingerprint density at radius 3 is 2.54 bits per heavy atom. The number of hydrogen-bond donors (Lipinski definition) is 0. The fourth-order valence-electron chi connectivity index (χ4n) is 1.68. The van der Waals surface area contributed by atoms with Gasteiger partial charge >= 0.3 is 0 Å². The lowest BCUT2D eigenvalue weighted by molar-refractivity contribution is 0.856. The van der Waals surface area contributed by atoms with Gasteiger partial charge in [0.25, 0.3) is 0 Å². The van der Waals surface area contributed by atoms with Crippen molar-refractivity contribution in [1.29, 1.82) is 0 Å². The van der Waals surface area contributed by atoms with Gasteiger partial charge in [-0.2, -0.15) is 0 Å². The Hall–Kier alpha value is -0.300. The van der Waals surface area contributed by atoms with Gasteiger partial charge < -0.3 is 0 Å². The van der Waals surface area contributed by atoms with Gasteiger partial charge in [0, 0.05) is 4.47 Å². The van der Waals surface area contributed by atoms with Crippen molar-refractivity contribution in [2.24, 2.45) is 0 Å². The minimum absolute atomic E-state index is 0.619. The summed E-state index contributed by atoms with van der Waals surface area (Å²) in [7, 11) is 0. The molecule has 0 saturated heterocycles. The third kappa shape index (κ3) is 1.96. The van der Waals surface area contributed by atoms with Crippen molar-refractivity contribution in [3.05, 3.63) is 33.8 Å². The standard InChI is InChI=1S/C12H15Br/c1-8(2)11-7-10(9-3-4-9)5-6-12(11)13/h5-9H,3-4H2,1-2H3. The van der Waals surface area contributed by atoms with E-state index in [4.69, 9.17) is 0 Å². The second-order valence-electron chi connectivity index (χ2n) is 4.21. The van der Waals surface area contributed by atoms with E-state index in [1.165, 1.54) is 28.4 Å². The largest absolute Gasteiger partial charge is 0.0586 e. The Bertz CT molecular complexity index is 311. The summed E-state index contributed by atoms with van der Waals surface area (Å²) in [5.74, 6) is 1.48. The molecule has 0 N–H and O–H groups in total. The lowest BCUT2D eigenvalue weighted by Crippen LogP contribution is -1.91. The van der Waals surface area contributed by atoms with E-state index in [0.29, 0.717) is 5.92 Å². The molecule has 0 atom stereocenters. The number of benzene rings is 1. The first-order valence-electron chi connectivity index (χ1n) is 4.98. The molecule has 70 valence electrons. The van der Waals surface area contributed by atoms with Gasteiger partial charge in [-0.25, -0.2) is 0 Å². The smallest absolute Gasteiger partial charge is 0.0210 e. The summed E-state index contributed by atoms with van der Waals surface area (Å²) in [5.41, 5.74) is 2.98. The monoisotopic (exact) mass is 238 g/mol. The second kappa shape index (κ2) is 3.45. The molecule has 1 fully saturated rings. The van der Waals surface area contributed by atoms with Crippen LogP contribution in [0.1, 0.15) is 49.7 Å². The van der Waals surface area contributed by atoms with E-state index < -0.39 is 0 Å². The molecule has 1 aliphatic carbocycles. The van der Waals surface area contributed by atoms with Gasteiger partial charge in [-0.15, -0.1) is 0 Å². The van der Waals surface area contributed by atoms with Crippen LogP contribution in [0.4, 0.5) is 0 Å². The summed E-state index contributed by atoms with van der Waals surface area (Å²) in [6.45, 7) is 4.49. The Kier molecular flexibility index (Phi) is 2.46. The molecule has 2 rings (SSSR count). The van der Waals surface area contributed by atoms with Gasteiger partial charge in [-0.3, -0.25) is 0 Å². The molecular weight excluding hydrogens is 224 g/mol. The van der Waals surface area contributed by atoms with Crippen molar-refractivity contribution < 1.29 is 0 Å². The average Bonchev–Trinajstić information content (AvgIpc) is 2.87. The molecule has 0 radical (unpaired) electrons. The van der Waals surface area contributed by atoms with E-state index in [1.807, 2.05) is 0 Å². The molecule has 13 heavy (non-hydrogen) atoms. The predicted octanol–water partition coefficient (Wildman–Crippen LogP) is 4.45. The Morgan fingerprint density at radius 2 is 2.00 bits per heavy atom. The number of hydrogen-bond acceptors (Lipinski definition) is 0. The van der Waals surface area contributed by atoms with Gasteiger partial charge in [0.1, 0.15) is 0 Å². The topological polar surface area (TPSA) is 0 Å². The molecule has 0 amide bonds. The average molecular weight is 239 g/mol. The van der Waals surface area contributed by atoms with Crippen LogP contribution in [0.3, 0.4) is 0 Å². The first-order valence-corrected chi connectivity index (χ1v) is 5.77. The molecule has 1 aromatic carbocycles. The van der Waals surface area contributed by atoms with Crippen molar-refractivity contribution in [2.45, 2.75) is 38.5 Å². The molecule has 0 aliphatic heterocycles. The summed E-state index contributed by atoms with van der Waals surface area (Å²) in [4.78, 5) is 0. The van der Waals surface area contributed by atoms with E-state index in [2.05, 4.69) is 48.0 Å². The number of halogens is 1. The van der Waals surface area contributed by atoms with Crippen molar-refractivity contribution in [3.8, 4) is 0 Å². The molecule has 0 heterocycles. The van der Waals surface area contributed by atoms with E-state index in [1.54, 1.807) is 0 Å². The SMILES string of the molecule is CC(C)c1cc(C2CC2)ccc1Br. The lowest BCUT2D eigenvalue weighted by Gasteiger charge is -2.10. The first-order chi connectivity index (χ1) is 6.18. The van der Waals surface area contributed by atoms with Gasteiger partial charge in [-0.05, 0) is 41.9 Å². The maximum Gasteiger partial charge on any atom is 0.0210 e. The van der Waals surface area contributed by atoms with Crippen molar-refractivity contribution in [1.82, 2.24) is 0 Å². The second-order valence-corrected chi connectivity index (χ2v) is 5.06. The van der Waals surface area contributed by atoms with Crippen LogP contribution in [-0.2, 0) is 0 Å². The molecule has 1 aromatic rings. The number of rotatable bonds is 2. The Morgan fingerprint density at radius 1 is 1.31 bits per heavy atom. The molecule has 1 heteroatoms. The molecule has 0 unspecified atom stereocenters. The quantitative estimate of drug-likeness (QED) is 0.715. The third-order valence-corrected chi connectivity index (χ3v) is 3.41. The van der Waals surface area contributed by atoms with Crippen LogP contribution >= 0.6 is 15.9 Å². The zero-order valence-corrected chi connectivity index (χ0v) is 9.76. The maximum absolute atomic E-state index is 3.60. The van der Waals surface area contributed by atoms with Crippen molar-refractivity contribution in [2.75, 3.05) is 0 Å². The van der Waals surface area contributed by atoms with Crippen LogP contribution in [0, 0.1) is 0 Å². The molecule has 0 spiro atoms. The fraction of sp³-hybridized carbons (Fsp3) is 0.500. The highest BCUT2D eigenvalue weighted by atomic mass is 79.9. The van der Waals surface area contributed by atoms with Crippen LogP contribution < -0.4 is 0 Å². The Labute approximate surface area is 88.5 Å². The maximum atomic E-state index is 3.60. The summed E-state index contributed by atoms with van der Waals surface area (Å²) >= 11 is 3.60. The summed E-state index contributed by atoms with van der Waals surface area (Å²) < 4.78 is 1.26. The Balaban J connectivity index is 2.36. The molecule has 1 saturated carbocycles. The van der Waals surface area contributed by atoms with E-state index in [0.717, 1.165) is 5.92 Å². The predicted molar refractivity (Wildman–Crippen MR) is 60.2 cm³/mol. The van der Waals surface area contributed by atoms with Crippen LogP contribution in [-0.4, -0.2) is 0 Å². The minimum atomic E-state index is 0.619. The van der Waals surface area contributed by atoms with Gasteiger partial charge in [0.2, 0.25) is 0 Å². The normalized spacial score (nSPS) is 16.6. The highest BCUT2D eigenvalue weighted by Gasteiger charge is 2.24. The molecule has 1 aliphatic rings. The zero-order valence-electron chi connectivity index (χ0n) is 8.18. The van der Waals surface area contributed by atoms with Crippen LogP contribution in [0.15, 0.2) is 22.7 Å². The first kappa shape index (κ1) is 9.26. The van der Waals surface area contributed by atoms with Gasteiger partial charge in [-0.1, -0.05) is 41.9 Å².